The zero-order valence-electron chi connectivity index (χ0n) is 17.1. The molecule has 0 aliphatic carbocycles. The highest BCUT2D eigenvalue weighted by Crippen LogP contribution is 2.30. The summed E-state index contributed by atoms with van der Waals surface area (Å²) in [5.41, 5.74) is 1.96. The van der Waals surface area contributed by atoms with Crippen LogP contribution in [0.5, 0.6) is 5.75 Å². The van der Waals surface area contributed by atoms with Crippen LogP contribution in [-0.2, 0) is 20.0 Å². The van der Waals surface area contributed by atoms with Gasteiger partial charge in [0, 0.05) is 30.7 Å². The topological polar surface area (TPSA) is 63.6 Å². The maximum Gasteiger partial charge on any atom is 0.258 e. The van der Waals surface area contributed by atoms with E-state index in [1.54, 1.807) is 31.2 Å². The summed E-state index contributed by atoms with van der Waals surface area (Å²) in [6.45, 7) is 0.925. The summed E-state index contributed by atoms with van der Waals surface area (Å²) in [6, 6.07) is 13.6. The summed E-state index contributed by atoms with van der Waals surface area (Å²) in [6.07, 6.45) is 0.546. The van der Waals surface area contributed by atoms with Crippen LogP contribution in [0.15, 0.2) is 57.8 Å². The SMILES string of the molecule is COc1ccc(CN2CCc3cc(=O)n(C)c(Nc4ccc(Br)cc4F)c3C2=O)cc1. The number of benzene rings is 2. The normalized spacial score (nSPS) is 13.2. The van der Waals surface area contributed by atoms with E-state index in [0.29, 0.717) is 35.1 Å². The lowest BCUT2D eigenvalue weighted by atomic mass is 9.99. The second-order valence-corrected chi connectivity index (χ2v) is 8.28. The van der Waals surface area contributed by atoms with Crippen molar-refractivity contribution in [2.45, 2.75) is 13.0 Å². The third kappa shape index (κ3) is 4.20. The number of methoxy groups -OCH3 is 1. The molecule has 4 rings (SSSR count). The van der Waals surface area contributed by atoms with E-state index < -0.39 is 5.82 Å². The van der Waals surface area contributed by atoms with E-state index in [9.17, 15) is 14.0 Å². The molecular weight excluding hydrogens is 465 g/mol. The summed E-state index contributed by atoms with van der Waals surface area (Å²) in [5.74, 6) is 0.343. The van der Waals surface area contributed by atoms with E-state index in [-0.39, 0.29) is 23.0 Å². The Morgan fingerprint density at radius 1 is 1.13 bits per heavy atom. The smallest absolute Gasteiger partial charge is 0.258 e. The summed E-state index contributed by atoms with van der Waals surface area (Å²) >= 11 is 3.23. The average Bonchev–Trinajstić information content (AvgIpc) is 2.75. The number of amides is 1. The lowest BCUT2D eigenvalue weighted by molar-refractivity contribution is 0.0727. The van der Waals surface area contributed by atoms with Gasteiger partial charge in [-0.1, -0.05) is 28.1 Å². The number of fused-ring (bicyclic) bond motifs is 1. The van der Waals surface area contributed by atoms with Gasteiger partial charge >= 0.3 is 0 Å². The first kappa shape index (κ1) is 21.1. The van der Waals surface area contributed by atoms with Crippen LogP contribution < -0.4 is 15.6 Å². The summed E-state index contributed by atoms with van der Waals surface area (Å²) < 4.78 is 21.6. The molecule has 3 aromatic rings. The molecule has 0 spiro atoms. The fourth-order valence-electron chi connectivity index (χ4n) is 3.67. The predicted molar refractivity (Wildman–Crippen MR) is 121 cm³/mol. The Kier molecular flexibility index (Phi) is 5.82. The minimum absolute atomic E-state index is 0.187. The molecule has 160 valence electrons. The average molecular weight is 486 g/mol. The van der Waals surface area contributed by atoms with Crippen molar-refractivity contribution in [3.8, 4) is 5.75 Å². The van der Waals surface area contributed by atoms with Crippen LogP contribution in [0, 0.1) is 5.82 Å². The molecule has 1 aromatic heterocycles. The van der Waals surface area contributed by atoms with Crippen LogP contribution in [0.1, 0.15) is 21.5 Å². The van der Waals surface area contributed by atoms with E-state index in [0.717, 1.165) is 11.3 Å². The number of hydrogen-bond donors (Lipinski definition) is 1. The molecule has 1 aliphatic rings. The maximum atomic E-state index is 14.4. The summed E-state index contributed by atoms with van der Waals surface area (Å²) in [5, 5.41) is 2.97. The van der Waals surface area contributed by atoms with Gasteiger partial charge in [0.1, 0.15) is 17.4 Å². The lowest BCUT2D eigenvalue weighted by Gasteiger charge is -2.31. The number of carbonyl (C=O) groups excluding carboxylic acids is 1. The number of carbonyl (C=O) groups is 1. The molecule has 0 saturated heterocycles. The molecule has 6 nitrogen and oxygen atoms in total. The molecule has 0 fully saturated rings. The van der Waals surface area contributed by atoms with Crippen LogP contribution >= 0.6 is 15.9 Å². The van der Waals surface area contributed by atoms with E-state index in [4.69, 9.17) is 4.74 Å². The number of nitrogens with zero attached hydrogens (tertiary/aromatic N) is 2. The van der Waals surface area contributed by atoms with Crippen molar-refractivity contribution >= 4 is 33.3 Å². The quantitative estimate of drug-likeness (QED) is 0.586. The van der Waals surface area contributed by atoms with Gasteiger partial charge in [-0.3, -0.25) is 14.2 Å². The lowest BCUT2D eigenvalue weighted by Crippen LogP contribution is -2.39. The number of ether oxygens (including phenoxy) is 1. The predicted octanol–water partition coefficient (Wildman–Crippen LogP) is 4.24. The van der Waals surface area contributed by atoms with Crippen LogP contribution in [0.2, 0.25) is 0 Å². The third-order valence-electron chi connectivity index (χ3n) is 5.39. The van der Waals surface area contributed by atoms with Gasteiger partial charge in [0.05, 0.1) is 18.4 Å². The Morgan fingerprint density at radius 3 is 2.55 bits per heavy atom. The molecule has 1 aliphatic heterocycles. The molecule has 0 bridgehead atoms. The van der Waals surface area contributed by atoms with Crippen molar-refractivity contribution in [1.29, 1.82) is 0 Å². The first-order valence-electron chi connectivity index (χ1n) is 9.74. The van der Waals surface area contributed by atoms with Gasteiger partial charge in [-0.25, -0.2) is 4.39 Å². The number of hydrogen-bond acceptors (Lipinski definition) is 4. The maximum absolute atomic E-state index is 14.4. The van der Waals surface area contributed by atoms with Gasteiger partial charge < -0.3 is 15.0 Å². The Morgan fingerprint density at radius 2 is 1.87 bits per heavy atom. The Hall–Kier alpha value is -3.13. The highest BCUT2D eigenvalue weighted by Gasteiger charge is 2.29. The second kappa shape index (κ2) is 8.55. The molecule has 2 heterocycles. The minimum Gasteiger partial charge on any atom is -0.497 e. The first-order chi connectivity index (χ1) is 14.9. The van der Waals surface area contributed by atoms with Crippen LogP contribution in [0.25, 0.3) is 0 Å². The fraction of sp³-hybridized carbons (Fsp3) is 0.217. The number of nitrogens with one attached hydrogen (secondary N) is 1. The summed E-state index contributed by atoms with van der Waals surface area (Å²) in [4.78, 5) is 27.6. The van der Waals surface area contributed by atoms with Gasteiger partial charge in [-0.15, -0.1) is 0 Å². The molecule has 0 radical (unpaired) electrons. The molecular formula is C23H21BrFN3O3. The van der Waals surface area contributed by atoms with E-state index >= 15 is 0 Å². The monoisotopic (exact) mass is 485 g/mol. The standard InChI is InChI=1S/C23H21BrFN3O3/c1-27-20(29)11-15-9-10-28(13-14-3-6-17(31-2)7-4-14)23(30)21(15)22(27)26-19-8-5-16(24)12-18(19)25/h3-8,11-12,26H,9-10,13H2,1-2H3. The summed E-state index contributed by atoms with van der Waals surface area (Å²) in [7, 11) is 3.17. The fourth-order valence-corrected chi connectivity index (χ4v) is 4.00. The van der Waals surface area contributed by atoms with Crippen molar-refractivity contribution in [2.24, 2.45) is 7.05 Å². The van der Waals surface area contributed by atoms with Crippen LogP contribution in [-0.4, -0.2) is 29.0 Å². The Bertz CT molecular complexity index is 1210. The van der Waals surface area contributed by atoms with Gasteiger partial charge in [0.15, 0.2) is 0 Å². The molecule has 0 saturated carbocycles. The number of anilines is 2. The van der Waals surface area contributed by atoms with Crippen molar-refractivity contribution in [3.05, 3.63) is 85.9 Å². The first-order valence-corrected chi connectivity index (χ1v) is 10.5. The van der Waals surface area contributed by atoms with Crippen LogP contribution in [0.4, 0.5) is 15.9 Å². The van der Waals surface area contributed by atoms with Gasteiger partial charge in [-0.2, -0.15) is 0 Å². The van der Waals surface area contributed by atoms with E-state index in [1.165, 1.54) is 16.7 Å². The number of aromatic nitrogens is 1. The van der Waals surface area contributed by atoms with Crippen molar-refractivity contribution in [2.75, 3.05) is 19.0 Å². The number of rotatable bonds is 5. The molecule has 31 heavy (non-hydrogen) atoms. The van der Waals surface area contributed by atoms with Gasteiger partial charge in [0.25, 0.3) is 11.5 Å². The van der Waals surface area contributed by atoms with Gasteiger partial charge in [-0.05, 0) is 47.9 Å². The Labute approximate surface area is 187 Å². The van der Waals surface area contributed by atoms with Crippen molar-refractivity contribution in [1.82, 2.24) is 9.47 Å². The molecule has 2 aromatic carbocycles. The zero-order valence-corrected chi connectivity index (χ0v) is 18.7. The zero-order chi connectivity index (χ0) is 22.1. The third-order valence-corrected chi connectivity index (χ3v) is 5.88. The van der Waals surface area contributed by atoms with E-state index in [2.05, 4.69) is 21.2 Å². The molecule has 8 heteroatoms. The Balaban J connectivity index is 1.70. The second-order valence-electron chi connectivity index (χ2n) is 7.36. The van der Waals surface area contributed by atoms with Crippen molar-refractivity contribution in [3.63, 3.8) is 0 Å². The van der Waals surface area contributed by atoms with Gasteiger partial charge in [0.2, 0.25) is 0 Å². The highest BCUT2D eigenvalue weighted by atomic mass is 79.9. The molecule has 1 amide bonds. The minimum atomic E-state index is -0.488. The van der Waals surface area contributed by atoms with Crippen molar-refractivity contribution < 1.29 is 13.9 Å². The number of pyridine rings is 1. The van der Waals surface area contributed by atoms with Crippen LogP contribution in [0.3, 0.4) is 0 Å². The molecule has 0 unspecified atom stereocenters. The molecule has 1 N–H and O–H groups in total. The largest absolute Gasteiger partial charge is 0.497 e. The van der Waals surface area contributed by atoms with E-state index in [1.807, 2.05) is 24.3 Å². The highest BCUT2D eigenvalue weighted by molar-refractivity contribution is 9.10. The molecule has 0 atom stereocenters. The number of halogens is 2.